The quantitative estimate of drug-likeness (QED) is 0.538. The minimum Gasteiger partial charge on any atom is -0.0848 e. The van der Waals surface area contributed by atoms with Gasteiger partial charge in [-0.3, -0.25) is 0 Å². The summed E-state index contributed by atoms with van der Waals surface area (Å²) in [4.78, 5) is 0. The summed E-state index contributed by atoms with van der Waals surface area (Å²) in [6.07, 6.45) is 31.2. The SMILES string of the molecule is CC\C=C/C=C\C=c1/cccc(CCC)/c1=C1\C=CCC2=C(C=CCC=C2)C1. The largest absolute Gasteiger partial charge is 0.0848 e. The predicted octanol–water partition coefficient (Wildman–Crippen LogP) is 6.26. The van der Waals surface area contributed by atoms with Crippen molar-refractivity contribution in [2.75, 3.05) is 0 Å². The van der Waals surface area contributed by atoms with E-state index in [1.807, 2.05) is 0 Å². The molecule has 0 spiro atoms. The molecular formula is C28H32. The van der Waals surface area contributed by atoms with Crippen molar-refractivity contribution in [1.82, 2.24) is 0 Å². The molecule has 0 nitrogen and oxygen atoms in total. The molecule has 0 heteroatoms. The zero-order valence-corrected chi connectivity index (χ0v) is 17.3. The van der Waals surface area contributed by atoms with Crippen LogP contribution in [0.1, 0.15) is 51.5 Å². The van der Waals surface area contributed by atoms with Crippen LogP contribution in [0.15, 0.2) is 90.1 Å². The van der Waals surface area contributed by atoms with Gasteiger partial charge in [0.15, 0.2) is 0 Å². The summed E-state index contributed by atoms with van der Waals surface area (Å²) in [6, 6.07) is 6.77. The summed E-state index contributed by atoms with van der Waals surface area (Å²) in [5.74, 6) is 0. The normalized spacial score (nSPS) is 19.6. The molecule has 0 saturated carbocycles. The molecule has 0 saturated heterocycles. The van der Waals surface area contributed by atoms with E-state index in [9.17, 15) is 0 Å². The number of hydrogen-bond donors (Lipinski definition) is 0. The molecule has 2 aliphatic carbocycles. The van der Waals surface area contributed by atoms with Crippen LogP contribution in [0.25, 0.3) is 11.6 Å². The third kappa shape index (κ3) is 5.23. The van der Waals surface area contributed by atoms with Crippen LogP contribution in [-0.4, -0.2) is 0 Å². The first-order valence-corrected chi connectivity index (χ1v) is 10.7. The Morgan fingerprint density at radius 3 is 2.50 bits per heavy atom. The minimum absolute atomic E-state index is 1.01. The summed E-state index contributed by atoms with van der Waals surface area (Å²) in [5, 5.41) is 2.75. The Hall–Kier alpha value is -2.60. The highest BCUT2D eigenvalue weighted by atomic mass is 14.2. The van der Waals surface area contributed by atoms with Gasteiger partial charge in [-0.05, 0) is 64.8 Å². The van der Waals surface area contributed by atoms with Crippen LogP contribution in [0.5, 0.6) is 0 Å². The molecular weight excluding hydrogens is 336 g/mol. The van der Waals surface area contributed by atoms with Crippen LogP contribution >= 0.6 is 0 Å². The van der Waals surface area contributed by atoms with E-state index in [0.29, 0.717) is 0 Å². The zero-order valence-electron chi connectivity index (χ0n) is 17.3. The van der Waals surface area contributed by atoms with Gasteiger partial charge >= 0.3 is 0 Å². The summed E-state index contributed by atoms with van der Waals surface area (Å²) in [5.41, 5.74) is 5.83. The van der Waals surface area contributed by atoms with Crippen molar-refractivity contribution >= 4 is 11.6 Å². The highest BCUT2D eigenvalue weighted by molar-refractivity contribution is 5.65. The fourth-order valence-corrected chi connectivity index (χ4v) is 3.92. The van der Waals surface area contributed by atoms with Crippen molar-refractivity contribution in [3.8, 4) is 0 Å². The molecule has 0 bridgehead atoms. The molecule has 144 valence electrons. The lowest BCUT2D eigenvalue weighted by Crippen LogP contribution is -2.30. The van der Waals surface area contributed by atoms with Gasteiger partial charge in [0.1, 0.15) is 0 Å². The van der Waals surface area contributed by atoms with Gasteiger partial charge in [-0.15, -0.1) is 0 Å². The van der Waals surface area contributed by atoms with E-state index in [1.54, 1.807) is 0 Å². The molecule has 0 aliphatic heterocycles. The molecule has 28 heavy (non-hydrogen) atoms. The number of benzene rings is 1. The number of rotatable bonds is 5. The Bertz CT molecular complexity index is 971. The van der Waals surface area contributed by atoms with E-state index in [-0.39, 0.29) is 0 Å². The van der Waals surface area contributed by atoms with Crippen LogP contribution in [-0.2, 0) is 6.42 Å². The van der Waals surface area contributed by atoms with Crippen molar-refractivity contribution in [3.63, 3.8) is 0 Å². The minimum atomic E-state index is 1.01. The van der Waals surface area contributed by atoms with Crippen molar-refractivity contribution in [2.24, 2.45) is 0 Å². The highest BCUT2D eigenvalue weighted by Crippen LogP contribution is 2.27. The average molecular weight is 369 g/mol. The monoisotopic (exact) mass is 368 g/mol. The average Bonchev–Trinajstić information content (AvgIpc) is 3.03. The fourth-order valence-electron chi connectivity index (χ4n) is 3.92. The predicted molar refractivity (Wildman–Crippen MR) is 124 cm³/mol. The van der Waals surface area contributed by atoms with E-state index < -0.39 is 0 Å². The molecule has 3 rings (SSSR count). The lowest BCUT2D eigenvalue weighted by atomic mass is 9.95. The molecule has 1 aromatic rings. The van der Waals surface area contributed by atoms with Gasteiger partial charge in [0.25, 0.3) is 0 Å². The number of aryl methyl sites for hydroxylation is 1. The molecule has 0 fully saturated rings. The molecule has 0 unspecified atom stereocenters. The maximum absolute atomic E-state index is 2.36. The zero-order chi connectivity index (χ0) is 19.6. The van der Waals surface area contributed by atoms with Crippen LogP contribution in [0.3, 0.4) is 0 Å². The van der Waals surface area contributed by atoms with E-state index in [4.69, 9.17) is 0 Å². The van der Waals surface area contributed by atoms with E-state index in [0.717, 1.165) is 32.1 Å². The maximum atomic E-state index is 2.36. The molecule has 2 aliphatic rings. The summed E-state index contributed by atoms with van der Waals surface area (Å²) >= 11 is 0. The van der Waals surface area contributed by atoms with Crippen molar-refractivity contribution in [2.45, 2.75) is 52.4 Å². The number of allylic oxidation sites excluding steroid dienone is 12. The van der Waals surface area contributed by atoms with E-state index in [2.05, 4.69) is 98.9 Å². The van der Waals surface area contributed by atoms with E-state index in [1.165, 1.54) is 39.1 Å². The van der Waals surface area contributed by atoms with Crippen molar-refractivity contribution in [3.05, 3.63) is 106 Å². The first-order valence-electron chi connectivity index (χ1n) is 10.7. The Morgan fingerprint density at radius 1 is 0.857 bits per heavy atom. The Labute approximate surface area is 170 Å². The summed E-state index contributed by atoms with van der Waals surface area (Å²) in [6.45, 7) is 4.43. The lowest BCUT2D eigenvalue weighted by Gasteiger charge is -2.09. The third-order valence-corrected chi connectivity index (χ3v) is 5.25. The van der Waals surface area contributed by atoms with Gasteiger partial charge in [-0.25, -0.2) is 0 Å². The summed E-state index contributed by atoms with van der Waals surface area (Å²) < 4.78 is 0. The highest BCUT2D eigenvalue weighted by Gasteiger charge is 2.10. The van der Waals surface area contributed by atoms with Gasteiger partial charge in [0.05, 0.1) is 0 Å². The first kappa shape index (κ1) is 20.1. The van der Waals surface area contributed by atoms with Crippen LogP contribution < -0.4 is 10.4 Å². The smallest absolute Gasteiger partial charge is 0.00169 e. The standard InChI is InChI=1S/C28H32/c1-3-5-6-7-9-16-25-20-13-19-24(14-4-2)28(25)27-21-12-18-23-15-10-8-11-17-26(23)22-27/h5-7,9-13,15-17,19-21H,3-4,8,14,18,22H2,1-2H3/b6-5-,9-7-,25-16+,28-27-. The van der Waals surface area contributed by atoms with Gasteiger partial charge in [-0.1, -0.05) is 105 Å². The van der Waals surface area contributed by atoms with Gasteiger partial charge in [0, 0.05) is 0 Å². The van der Waals surface area contributed by atoms with E-state index >= 15 is 0 Å². The molecule has 0 radical (unpaired) electrons. The van der Waals surface area contributed by atoms with Crippen LogP contribution in [0.2, 0.25) is 0 Å². The molecule has 0 heterocycles. The van der Waals surface area contributed by atoms with Crippen LogP contribution in [0.4, 0.5) is 0 Å². The molecule has 0 amide bonds. The fraction of sp³-hybridized carbons (Fsp3) is 0.286. The first-order chi connectivity index (χ1) is 13.8. The second-order valence-corrected chi connectivity index (χ2v) is 7.42. The molecule has 0 atom stereocenters. The second-order valence-electron chi connectivity index (χ2n) is 7.42. The number of hydrogen-bond acceptors (Lipinski definition) is 0. The van der Waals surface area contributed by atoms with Gasteiger partial charge in [0.2, 0.25) is 0 Å². The second kappa shape index (κ2) is 10.7. The third-order valence-electron chi connectivity index (χ3n) is 5.25. The molecule has 0 aromatic heterocycles. The van der Waals surface area contributed by atoms with Gasteiger partial charge in [-0.2, -0.15) is 0 Å². The van der Waals surface area contributed by atoms with Gasteiger partial charge < -0.3 is 0 Å². The van der Waals surface area contributed by atoms with Crippen molar-refractivity contribution < 1.29 is 0 Å². The Balaban J connectivity index is 2.16. The molecule has 0 N–H and O–H groups in total. The Kier molecular flexibility index (Phi) is 7.67. The maximum Gasteiger partial charge on any atom is -0.00169 e. The molecule has 1 aromatic carbocycles. The summed E-state index contributed by atoms with van der Waals surface area (Å²) in [7, 11) is 0. The topological polar surface area (TPSA) is 0 Å². The Morgan fingerprint density at radius 2 is 1.68 bits per heavy atom. The van der Waals surface area contributed by atoms with Crippen molar-refractivity contribution in [1.29, 1.82) is 0 Å². The van der Waals surface area contributed by atoms with Crippen LogP contribution in [0, 0.1) is 0 Å². The lowest BCUT2D eigenvalue weighted by molar-refractivity contribution is 0.911.